The summed E-state index contributed by atoms with van der Waals surface area (Å²) in [5, 5.41) is 0. The second-order valence-electron chi connectivity index (χ2n) is 4.13. The zero-order valence-electron chi connectivity index (χ0n) is 11.0. The number of amides is 2. The van der Waals surface area contributed by atoms with Crippen molar-refractivity contribution in [2.24, 2.45) is 0 Å². The van der Waals surface area contributed by atoms with E-state index in [2.05, 4.69) is 15.9 Å². The number of ether oxygens (including phenoxy) is 2. The van der Waals surface area contributed by atoms with Crippen LogP contribution in [-0.2, 0) is 9.47 Å². The molecule has 7 heteroatoms. The highest BCUT2D eigenvalue weighted by Gasteiger charge is 2.53. The minimum atomic E-state index is -0.870. The molecule has 1 saturated heterocycles. The third-order valence-corrected chi connectivity index (χ3v) is 4.47. The Bertz CT molecular complexity index is 291. The standard InChI is InChI=1S/C11H20BrClN2O3/c1-4-9-11(12,13)15(6-8-18-3)10(16)14(9)5-7-17-2/h9H,4-8H2,1-3H3. The number of hydrogen-bond acceptors (Lipinski definition) is 3. The maximum absolute atomic E-state index is 12.3. The summed E-state index contributed by atoms with van der Waals surface area (Å²) in [6, 6.07) is -0.165. The number of hydrogen-bond donors (Lipinski definition) is 0. The summed E-state index contributed by atoms with van der Waals surface area (Å²) >= 11 is 9.96. The first-order valence-corrected chi connectivity index (χ1v) is 7.11. The van der Waals surface area contributed by atoms with E-state index < -0.39 is 3.91 Å². The quantitative estimate of drug-likeness (QED) is 0.525. The summed E-state index contributed by atoms with van der Waals surface area (Å²) < 4.78 is 9.18. The fourth-order valence-corrected chi connectivity index (χ4v) is 3.45. The third-order valence-electron chi connectivity index (χ3n) is 3.06. The molecule has 0 N–H and O–H groups in total. The normalized spacial score (nSPS) is 28.3. The summed E-state index contributed by atoms with van der Waals surface area (Å²) in [4.78, 5) is 15.7. The minimum Gasteiger partial charge on any atom is -0.383 e. The summed E-state index contributed by atoms with van der Waals surface area (Å²) in [7, 11) is 3.22. The molecule has 0 saturated carbocycles. The van der Waals surface area contributed by atoms with E-state index >= 15 is 0 Å². The van der Waals surface area contributed by atoms with Crippen LogP contribution in [0.25, 0.3) is 0 Å². The Hall–Kier alpha value is -0.0400. The van der Waals surface area contributed by atoms with Gasteiger partial charge in [-0.15, -0.1) is 0 Å². The monoisotopic (exact) mass is 342 g/mol. The van der Waals surface area contributed by atoms with Crippen molar-refractivity contribution in [2.45, 2.75) is 23.3 Å². The lowest BCUT2D eigenvalue weighted by Gasteiger charge is -2.30. The van der Waals surface area contributed by atoms with E-state index in [4.69, 9.17) is 21.1 Å². The van der Waals surface area contributed by atoms with Gasteiger partial charge in [0.25, 0.3) is 0 Å². The van der Waals surface area contributed by atoms with Gasteiger partial charge in [-0.25, -0.2) is 4.79 Å². The number of alkyl halides is 2. The molecule has 0 aromatic carbocycles. The van der Waals surface area contributed by atoms with E-state index in [-0.39, 0.29) is 12.1 Å². The SMILES string of the molecule is CCC1N(CCOC)C(=O)N(CCOC)C1(Cl)Br. The van der Waals surface area contributed by atoms with Crippen LogP contribution in [-0.4, -0.2) is 66.3 Å². The molecule has 2 unspecified atom stereocenters. The van der Waals surface area contributed by atoms with Crippen LogP contribution < -0.4 is 0 Å². The van der Waals surface area contributed by atoms with Crippen molar-refractivity contribution in [3.63, 3.8) is 0 Å². The lowest BCUT2D eigenvalue weighted by Crippen LogP contribution is -2.43. The molecule has 2 atom stereocenters. The van der Waals surface area contributed by atoms with Crippen molar-refractivity contribution >= 4 is 33.6 Å². The van der Waals surface area contributed by atoms with E-state index in [0.717, 1.165) is 6.42 Å². The van der Waals surface area contributed by atoms with Gasteiger partial charge in [-0.05, 0) is 22.4 Å². The average molecular weight is 344 g/mol. The summed E-state index contributed by atoms with van der Waals surface area (Å²) in [6.07, 6.45) is 0.772. The summed E-state index contributed by atoms with van der Waals surface area (Å²) in [6.45, 7) is 3.97. The number of methoxy groups -OCH3 is 2. The topological polar surface area (TPSA) is 42.0 Å². The lowest BCUT2D eigenvalue weighted by atomic mass is 10.2. The number of carbonyl (C=O) groups is 1. The van der Waals surface area contributed by atoms with Gasteiger partial charge in [-0.3, -0.25) is 4.90 Å². The number of carbonyl (C=O) groups excluding carboxylic acids is 1. The van der Waals surface area contributed by atoms with Crippen LogP contribution >= 0.6 is 27.5 Å². The van der Waals surface area contributed by atoms with Gasteiger partial charge in [0.1, 0.15) is 0 Å². The molecule has 1 heterocycles. The summed E-state index contributed by atoms with van der Waals surface area (Å²) in [5.41, 5.74) is 0. The smallest absolute Gasteiger partial charge is 0.322 e. The number of rotatable bonds is 7. The molecule has 1 rings (SSSR count). The van der Waals surface area contributed by atoms with E-state index in [1.54, 1.807) is 24.0 Å². The molecule has 1 aliphatic heterocycles. The molecule has 0 aromatic heterocycles. The van der Waals surface area contributed by atoms with Gasteiger partial charge in [0.15, 0.2) is 3.91 Å². The maximum Gasteiger partial charge on any atom is 0.322 e. The molecule has 18 heavy (non-hydrogen) atoms. The summed E-state index contributed by atoms with van der Waals surface area (Å²) in [5.74, 6) is 0. The highest BCUT2D eigenvalue weighted by Crippen LogP contribution is 2.42. The van der Waals surface area contributed by atoms with Gasteiger partial charge >= 0.3 is 6.03 Å². The van der Waals surface area contributed by atoms with Gasteiger partial charge in [-0.1, -0.05) is 18.5 Å². The molecule has 2 amide bonds. The Morgan fingerprint density at radius 3 is 2.39 bits per heavy atom. The fraction of sp³-hybridized carbons (Fsp3) is 0.909. The van der Waals surface area contributed by atoms with E-state index in [1.807, 2.05) is 6.92 Å². The Balaban J connectivity index is 2.84. The van der Waals surface area contributed by atoms with Crippen LogP contribution in [0.1, 0.15) is 13.3 Å². The van der Waals surface area contributed by atoms with Gasteiger partial charge in [0, 0.05) is 27.3 Å². The molecule has 106 valence electrons. The Labute approximate surface area is 121 Å². The maximum atomic E-state index is 12.3. The third kappa shape index (κ3) is 3.10. The first-order valence-electron chi connectivity index (χ1n) is 5.94. The van der Waals surface area contributed by atoms with E-state index in [9.17, 15) is 4.79 Å². The lowest BCUT2D eigenvalue weighted by molar-refractivity contribution is 0.137. The van der Waals surface area contributed by atoms with Gasteiger partial charge in [0.05, 0.1) is 19.3 Å². The number of halogens is 2. The zero-order chi connectivity index (χ0) is 13.8. The Kier molecular flexibility index (Phi) is 6.17. The molecule has 0 aromatic rings. The van der Waals surface area contributed by atoms with E-state index in [1.165, 1.54) is 0 Å². The van der Waals surface area contributed by atoms with Crippen molar-refractivity contribution in [1.82, 2.24) is 9.80 Å². The van der Waals surface area contributed by atoms with Crippen LogP contribution in [0.5, 0.6) is 0 Å². The first kappa shape index (κ1) is 16.0. The highest BCUT2D eigenvalue weighted by molar-refractivity contribution is 9.10. The van der Waals surface area contributed by atoms with Gasteiger partial charge in [0.2, 0.25) is 0 Å². The largest absolute Gasteiger partial charge is 0.383 e. The minimum absolute atomic E-state index is 0.0807. The number of urea groups is 1. The molecule has 0 radical (unpaired) electrons. The van der Waals surface area contributed by atoms with Crippen LogP contribution in [0.15, 0.2) is 0 Å². The molecule has 0 aliphatic carbocycles. The fourth-order valence-electron chi connectivity index (χ4n) is 2.12. The van der Waals surface area contributed by atoms with Crippen LogP contribution in [0, 0.1) is 0 Å². The van der Waals surface area contributed by atoms with Gasteiger partial charge < -0.3 is 14.4 Å². The molecular formula is C11H20BrClN2O3. The van der Waals surface area contributed by atoms with Crippen LogP contribution in [0.4, 0.5) is 4.79 Å². The Morgan fingerprint density at radius 1 is 1.33 bits per heavy atom. The molecule has 5 nitrogen and oxygen atoms in total. The average Bonchev–Trinajstić information content (AvgIpc) is 2.51. The van der Waals surface area contributed by atoms with Crippen molar-refractivity contribution in [3.05, 3.63) is 0 Å². The van der Waals surface area contributed by atoms with E-state index in [0.29, 0.717) is 26.3 Å². The van der Waals surface area contributed by atoms with Crippen LogP contribution in [0.2, 0.25) is 0 Å². The first-order chi connectivity index (χ1) is 8.50. The molecule has 0 spiro atoms. The van der Waals surface area contributed by atoms with Crippen molar-refractivity contribution in [3.8, 4) is 0 Å². The van der Waals surface area contributed by atoms with Crippen molar-refractivity contribution in [2.75, 3.05) is 40.5 Å². The van der Waals surface area contributed by atoms with Crippen molar-refractivity contribution < 1.29 is 14.3 Å². The molecular weight excluding hydrogens is 323 g/mol. The second kappa shape index (κ2) is 6.93. The number of nitrogens with zero attached hydrogens (tertiary/aromatic N) is 2. The van der Waals surface area contributed by atoms with Crippen molar-refractivity contribution in [1.29, 1.82) is 0 Å². The second-order valence-corrected chi connectivity index (χ2v) is 6.37. The zero-order valence-corrected chi connectivity index (χ0v) is 13.3. The molecule has 0 bridgehead atoms. The Morgan fingerprint density at radius 2 is 1.89 bits per heavy atom. The predicted molar refractivity (Wildman–Crippen MR) is 74.2 cm³/mol. The molecule has 1 aliphatic rings. The predicted octanol–water partition coefficient (Wildman–Crippen LogP) is 2.08. The van der Waals surface area contributed by atoms with Crippen LogP contribution in [0.3, 0.4) is 0 Å². The highest BCUT2D eigenvalue weighted by atomic mass is 79.9. The molecule has 1 fully saturated rings. The van der Waals surface area contributed by atoms with Gasteiger partial charge in [-0.2, -0.15) is 0 Å².